The smallest absolute Gasteiger partial charge is 0.264 e. The molecule has 4 aliphatic heterocycles. The summed E-state index contributed by atoms with van der Waals surface area (Å²) >= 11 is 6.48. The van der Waals surface area contributed by atoms with Crippen LogP contribution in [-0.2, 0) is 31.3 Å². The van der Waals surface area contributed by atoms with Crippen LogP contribution in [0.25, 0.3) is 0 Å². The number of rotatable bonds is 7. The summed E-state index contributed by atoms with van der Waals surface area (Å²) in [6, 6.07) is 12.7. The number of carbonyl (C=O) groups excluding carboxylic acids is 3. The molecule has 3 saturated heterocycles. The van der Waals surface area contributed by atoms with Crippen LogP contribution >= 0.6 is 11.6 Å². The number of anilines is 2. The maximum Gasteiger partial charge on any atom is 0.264 e. The van der Waals surface area contributed by atoms with Gasteiger partial charge >= 0.3 is 0 Å². The summed E-state index contributed by atoms with van der Waals surface area (Å²) < 4.78 is 22.8. The van der Waals surface area contributed by atoms with Crippen molar-refractivity contribution in [2.24, 2.45) is 5.92 Å². The summed E-state index contributed by atoms with van der Waals surface area (Å²) in [6.07, 6.45) is 2.10. The van der Waals surface area contributed by atoms with Gasteiger partial charge in [0.15, 0.2) is 5.60 Å². The zero-order valence-electron chi connectivity index (χ0n) is 24.9. The summed E-state index contributed by atoms with van der Waals surface area (Å²) in [5, 5.41) is 10.2. The Kier molecular flexibility index (Phi) is 7.94. The van der Waals surface area contributed by atoms with Gasteiger partial charge in [-0.05, 0) is 68.3 Å². The van der Waals surface area contributed by atoms with Crippen LogP contribution in [0.15, 0.2) is 42.5 Å². The lowest BCUT2D eigenvalue weighted by Gasteiger charge is -2.31. The highest BCUT2D eigenvalue weighted by Crippen LogP contribution is 2.60. The summed E-state index contributed by atoms with van der Waals surface area (Å²) in [7, 11) is -3.44. The standard InChI is InChI=1S/C32H39ClFN3O5Si/c1-20-30(43(2,3)34)27(17-29(40)36-14-4-6-24(36)19-38)42-32(20)25-16-22(33)10-13-26(25)37(31(32)41)18-21-8-11-23(12-9-21)35-15-5-7-28(35)39/h8-13,16,20,24,27,30,38H,4-7,14-15,17-19H2,1-3H3/t20-,24+,27+,30-,32+/m1/s1. The molecule has 4 heterocycles. The Morgan fingerprint density at radius 1 is 1.14 bits per heavy atom. The van der Waals surface area contributed by atoms with Crippen molar-refractivity contribution in [3.8, 4) is 0 Å². The van der Waals surface area contributed by atoms with E-state index >= 15 is 4.11 Å². The van der Waals surface area contributed by atoms with Crippen LogP contribution in [0.2, 0.25) is 23.7 Å². The largest absolute Gasteiger partial charge is 0.394 e. The van der Waals surface area contributed by atoms with Gasteiger partial charge in [0.05, 0.1) is 37.4 Å². The predicted octanol–water partition coefficient (Wildman–Crippen LogP) is 5.16. The van der Waals surface area contributed by atoms with E-state index in [1.165, 1.54) is 0 Å². The molecule has 0 bridgehead atoms. The number of halogens is 2. The fourth-order valence-corrected chi connectivity index (χ4v) is 10.6. The average Bonchev–Trinajstić information content (AvgIpc) is 3.72. The molecule has 0 radical (unpaired) electrons. The Labute approximate surface area is 257 Å². The van der Waals surface area contributed by atoms with Gasteiger partial charge in [0, 0.05) is 47.2 Å². The lowest BCUT2D eigenvalue weighted by atomic mass is 9.82. The molecule has 0 aliphatic carbocycles. The van der Waals surface area contributed by atoms with Crippen LogP contribution in [0.1, 0.15) is 50.2 Å². The van der Waals surface area contributed by atoms with Crippen molar-refractivity contribution in [3.05, 3.63) is 58.6 Å². The molecule has 0 saturated carbocycles. The predicted molar refractivity (Wildman–Crippen MR) is 165 cm³/mol. The number of hydrogen-bond donors (Lipinski definition) is 1. The molecule has 0 unspecified atom stereocenters. The van der Waals surface area contributed by atoms with E-state index in [1.54, 1.807) is 46.0 Å². The van der Waals surface area contributed by atoms with Crippen LogP contribution in [0.4, 0.5) is 15.5 Å². The second-order valence-electron chi connectivity index (χ2n) is 12.9. The lowest BCUT2D eigenvalue weighted by molar-refractivity contribution is -0.150. The van der Waals surface area contributed by atoms with E-state index in [-0.39, 0.29) is 43.3 Å². The molecular weight excluding hydrogens is 589 g/mol. The number of carbonyl (C=O) groups is 3. The highest BCUT2D eigenvalue weighted by molar-refractivity contribution is 6.72. The van der Waals surface area contributed by atoms with Gasteiger partial charge in [-0.15, -0.1) is 0 Å². The van der Waals surface area contributed by atoms with E-state index < -0.39 is 31.6 Å². The number of hydrogen-bond acceptors (Lipinski definition) is 5. The third-order valence-corrected chi connectivity index (χ3v) is 12.6. The molecule has 2 aromatic rings. The van der Waals surface area contributed by atoms with Crippen LogP contribution < -0.4 is 9.80 Å². The Morgan fingerprint density at radius 2 is 1.88 bits per heavy atom. The van der Waals surface area contributed by atoms with Crippen molar-refractivity contribution in [2.45, 2.75) is 82.0 Å². The van der Waals surface area contributed by atoms with Crippen LogP contribution in [-0.4, -0.2) is 68.0 Å². The van der Waals surface area contributed by atoms with Gasteiger partial charge in [-0.2, -0.15) is 0 Å². The molecule has 2 aromatic carbocycles. The highest BCUT2D eigenvalue weighted by Gasteiger charge is 2.67. The first-order chi connectivity index (χ1) is 20.5. The number of nitrogens with zero attached hydrogens (tertiary/aromatic N) is 3. The van der Waals surface area contributed by atoms with Gasteiger partial charge in [0.2, 0.25) is 20.2 Å². The van der Waals surface area contributed by atoms with E-state index in [4.69, 9.17) is 16.3 Å². The van der Waals surface area contributed by atoms with Gasteiger partial charge < -0.3 is 28.7 Å². The average molecular weight is 628 g/mol. The van der Waals surface area contributed by atoms with Crippen molar-refractivity contribution in [2.75, 3.05) is 29.5 Å². The Morgan fingerprint density at radius 3 is 2.53 bits per heavy atom. The maximum atomic E-state index is 16.1. The SMILES string of the molecule is C[C@@H]1[C@@H]([Si](C)(C)F)[C@H](CC(=O)N2CCC[C@H]2CO)O[C@@]12C(=O)N(Cc1ccc(N3CCCC3=O)cc1)c1ccc(Cl)cc12. The fraction of sp³-hybridized carbons (Fsp3) is 0.531. The van der Waals surface area contributed by atoms with E-state index in [9.17, 15) is 19.5 Å². The van der Waals surface area contributed by atoms with Crippen molar-refractivity contribution in [1.29, 1.82) is 0 Å². The molecule has 8 nitrogen and oxygen atoms in total. The topological polar surface area (TPSA) is 90.4 Å². The van der Waals surface area contributed by atoms with Crippen molar-refractivity contribution < 1.29 is 28.3 Å². The molecule has 0 aromatic heterocycles. The number of ether oxygens (including phenoxy) is 1. The Bertz CT molecular complexity index is 1440. The first-order valence-corrected chi connectivity index (χ1v) is 18.6. The molecule has 43 heavy (non-hydrogen) atoms. The molecule has 5 atom stereocenters. The number of fused-ring (bicyclic) bond motifs is 2. The summed E-state index contributed by atoms with van der Waals surface area (Å²) in [5.74, 6) is -0.897. The molecule has 1 N–H and O–H groups in total. The van der Waals surface area contributed by atoms with Crippen LogP contribution in [0.5, 0.6) is 0 Å². The summed E-state index contributed by atoms with van der Waals surface area (Å²) in [5.41, 5.74) is 0.880. The molecule has 230 valence electrons. The monoisotopic (exact) mass is 627 g/mol. The normalized spacial score (nSPS) is 28.9. The van der Waals surface area contributed by atoms with Crippen molar-refractivity contribution >= 4 is 49.1 Å². The fourth-order valence-electron chi connectivity index (χ4n) is 7.90. The summed E-state index contributed by atoms with van der Waals surface area (Å²) in [4.78, 5) is 45.4. The van der Waals surface area contributed by atoms with E-state index in [0.29, 0.717) is 35.8 Å². The van der Waals surface area contributed by atoms with Crippen LogP contribution in [0, 0.1) is 5.92 Å². The molecule has 1 spiro atoms. The lowest BCUT2D eigenvalue weighted by Crippen LogP contribution is -2.45. The molecule has 6 rings (SSSR count). The van der Waals surface area contributed by atoms with Gasteiger partial charge in [-0.3, -0.25) is 14.4 Å². The van der Waals surface area contributed by atoms with Crippen molar-refractivity contribution in [3.63, 3.8) is 0 Å². The third-order valence-electron chi connectivity index (χ3n) is 9.87. The number of likely N-dealkylation sites (tertiary alicyclic amines) is 1. The minimum absolute atomic E-state index is 0.0481. The number of aliphatic hydroxyl groups excluding tert-OH is 1. The second kappa shape index (κ2) is 11.3. The number of aliphatic hydroxyl groups is 1. The van der Waals surface area contributed by atoms with E-state index in [2.05, 4.69) is 0 Å². The quantitative estimate of drug-likeness (QED) is 0.338. The zero-order valence-corrected chi connectivity index (χ0v) is 26.6. The van der Waals surface area contributed by atoms with Gasteiger partial charge in [-0.25, -0.2) is 0 Å². The zero-order chi connectivity index (χ0) is 30.7. The van der Waals surface area contributed by atoms with Gasteiger partial charge in [0.1, 0.15) is 0 Å². The molecule has 11 heteroatoms. The summed E-state index contributed by atoms with van der Waals surface area (Å²) in [6.45, 7) is 6.49. The number of benzene rings is 2. The minimum atomic E-state index is -3.44. The second-order valence-corrected chi connectivity index (χ2v) is 17.1. The van der Waals surface area contributed by atoms with Crippen molar-refractivity contribution in [1.82, 2.24) is 4.90 Å². The molecular formula is C32H39ClFN3O5Si. The molecule has 3 amide bonds. The first kappa shape index (κ1) is 30.2. The minimum Gasteiger partial charge on any atom is -0.394 e. The van der Waals surface area contributed by atoms with Crippen LogP contribution in [0.3, 0.4) is 0 Å². The molecule has 4 aliphatic rings. The van der Waals surface area contributed by atoms with Gasteiger partial charge in [0.25, 0.3) is 5.91 Å². The van der Waals surface area contributed by atoms with E-state index in [1.807, 2.05) is 31.2 Å². The third kappa shape index (κ3) is 5.10. The molecule has 3 fully saturated rings. The maximum absolute atomic E-state index is 16.1. The number of amides is 3. The Balaban J connectivity index is 1.32. The van der Waals surface area contributed by atoms with E-state index in [0.717, 1.165) is 30.5 Å². The Hall–Kier alpha value is -2.79. The first-order valence-electron chi connectivity index (χ1n) is 15.2. The highest BCUT2D eigenvalue weighted by atomic mass is 35.5. The van der Waals surface area contributed by atoms with Gasteiger partial charge in [-0.1, -0.05) is 30.7 Å².